The molecule has 2 amide bonds. The summed E-state index contributed by atoms with van der Waals surface area (Å²) < 4.78 is 11.3. The number of hydrogen-bond acceptors (Lipinski definition) is 8. The Labute approximate surface area is 233 Å². The zero-order valence-electron chi connectivity index (χ0n) is 24.2. The van der Waals surface area contributed by atoms with Gasteiger partial charge in [-0.1, -0.05) is 30.4 Å². The van der Waals surface area contributed by atoms with Gasteiger partial charge in [-0.3, -0.25) is 10.1 Å². The highest BCUT2D eigenvalue weighted by atomic mass is 16.6. The quantitative estimate of drug-likeness (QED) is 0.141. The van der Waals surface area contributed by atoms with Crippen molar-refractivity contribution in [3.8, 4) is 0 Å². The molecule has 216 valence electrons. The molecule has 0 aromatic heterocycles. The van der Waals surface area contributed by atoms with Crippen LogP contribution in [0.1, 0.15) is 59.8 Å². The summed E-state index contributed by atoms with van der Waals surface area (Å²) in [7, 11) is 1.63. The van der Waals surface area contributed by atoms with Crippen molar-refractivity contribution in [1.82, 2.24) is 15.5 Å². The summed E-state index contributed by atoms with van der Waals surface area (Å²) in [6.07, 6.45) is 16.7. The topological polar surface area (TPSA) is 131 Å². The third-order valence-corrected chi connectivity index (χ3v) is 6.59. The van der Waals surface area contributed by atoms with Crippen molar-refractivity contribution in [1.29, 1.82) is 0 Å². The van der Waals surface area contributed by atoms with Crippen LogP contribution in [0.5, 0.6) is 0 Å². The van der Waals surface area contributed by atoms with Crippen molar-refractivity contribution in [2.45, 2.75) is 71.5 Å². The van der Waals surface area contributed by atoms with E-state index in [9.17, 15) is 9.59 Å². The number of nitrogens with one attached hydrogen (secondary N) is 2. The Morgan fingerprint density at radius 1 is 1.21 bits per heavy atom. The number of allylic oxidation sites excluding steroid dienone is 6. The van der Waals surface area contributed by atoms with Gasteiger partial charge in [-0.2, -0.15) is 10.2 Å². The molecule has 10 nitrogen and oxygen atoms in total. The van der Waals surface area contributed by atoms with Crippen LogP contribution in [0.4, 0.5) is 4.79 Å². The predicted molar refractivity (Wildman–Crippen MR) is 157 cm³/mol. The number of ether oxygens (including phenoxy) is 2. The zero-order valence-corrected chi connectivity index (χ0v) is 24.2. The highest BCUT2D eigenvalue weighted by molar-refractivity contribution is 5.96. The van der Waals surface area contributed by atoms with Gasteiger partial charge in [-0.05, 0) is 84.1 Å². The van der Waals surface area contributed by atoms with Crippen LogP contribution in [0.15, 0.2) is 57.8 Å². The number of nitrogens with two attached hydrogens (primary N) is 1. The van der Waals surface area contributed by atoms with Crippen molar-refractivity contribution in [3.63, 3.8) is 0 Å². The van der Waals surface area contributed by atoms with Gasteiger partial charge in [0.25, 0.3) is 5.91 Å². The van der Waals surface area contributed by atoms with Crippen LogP contribution < -0.4 is 16.4 Å². The summed E-state index contributed by atoms with van der Waals surface area (Å²) in [5.74, 6) is -0.366. The van der Waals surface area contributed by atoms with Crippen molar-refractivity contribution < 1.29 is 19.1 Å². The number of likely N-dealkylation sites (N-methyl/N-ethyl adjacent to an activating group) is 1. The van der Waals surface area contributed by atoms with E-state index in [2.05, 4.69) is 33.0 Å². The van der Waals surface area contributed by atoms with Crippen molar-refractivity contribution in [3.05, 3.63) is 47.6 Å². The molecule has 2 aliphatic rings. The van der Waals surface area contributed by atoms with Gasteiger partial charge in [-0.25, -0.2) is 4.79 Å². The fourth-order valence-corrected chi connectivity index (χ4v) is 3.77. The van der Waals surface area contributed by atoms with Crippen LogP contribution in [0.25, 0.3) is 0 Å². The van der Waals surface area contributed by atoms with E-state index in [1.54, 1.807) is 25.8 Å². The first-order valence-electron chi connectivity index (χ1n) is 13.7. The summed E-state index contributed by atoms with van der Waals surface area (Å²) >= 11 is 0. The molecule has 2 rings (SSSR count). The number of piperidine rings is 1. The Balaban J connectivity index is 1.95. The second-order valence-corrected chi connectivity index (χ2v) is 10.2. The molecule has 0 saturated carbocycles. The molecule has 10 heteroatoms. The van der Waals surface area contributed by atoms with E-state index in [4.69, 9.17) is 15.2 Å². The molecule has 0 radical (unpaired) electrons. The number of rotatable bonds is 13. The monoisotopic (exact) mass is 542 g/mol. The van der Waals surface area contributed by atoms with Gasteiger partial charge >= 0.3 is 6.09 Å². The third kappa shape index (κ3) is 12.1. The van der Waals surface area contributed by atoms with E-state index >= 15 is 0 Å². The number of nitrogens with zero attached hydrogens (tertiary/aromatic N) is 3. The minimum absolute atomic E-state index is 0.240. The number of hydrogen-bond donors (Lipinski definition) is 3. The van der Waals surface area contributed by atoms with E-state index in [1.807, 2.05) is 38.2 Å². The molecule has 0 bridgehead atoms. The maximum absolute atomic E-state index is 12.7. The van der Waals surface area contributed by atoms with Gasteiger partial charge in [0.2, 0.25) is 0 Å². The van der Waals surface area contributed by atoms with E-state index in [0.717, 1.165) is 44.3 Å². The van der Waals surface area contributed by atoms with Gasteiger partial charge in [0.15, 0.2) is 0 Å². The SMILES string of the molecule is CNC(C)(N)C(=O)NC(COCC1=CC=CCC1)/C(C)=N/N=C(C)/C=C\C=C(/C)COC(=O)N1CCCCC1. The first kappa shape index (κ1) is 32.1. The molecular weight excluding hydrogens is 496 g/mol. The largest absolute Gasteiger partial charge is 0.445 e. The van der Waals surface area contributed by atoms with Crippen molar-refractivity contribution >= 4 is 23.4 Å². The number of likely N-dealkylation sites (tertiary alicyclic amines) is 1. The lowest BCUT2D eigenvalue weighted by Crippen LogP contribution is -2.63. The molecule has 39 heavy (non-hydrogen) atoms. The average Bonchev–Trinajstić information content (AvgIpc) is 2.94. The van der Waals surface area contributed by atoms with Crippen LogP contribution in [-0.2, 0) is 14.3 Å². The lowest BCUT2D eigenvalue weighted by Gasteiger charge is -2.26. The number of carbonyl (C=O) groups is 2. The van der Waals surface area contributed by atoms with Gasteiger partial charge in [-0.15, -0.1) is 0 Å². The molecule has 0 aromatic carbocycles. The normalized spacial score (nSPS) is 19.5. The Morgan fingerprint density at radius 3 is 2.62 bits per heavy atom. The Kier molecular flexibility index (Phi) is 13.8. The van der Waals surface area contributed by atoms with Crippen LogP contribution in [-0.4, -0.2) is 80.0 Å². The fourth-order valence-electron chi connectivity index (χ4n) is 3.77. The minimum atomic E-state index is -1.23. The van der Waals surface area contributed by atoms with E-state index in [1.165, 1.54) is 12.0 Å². The molecule has 4 N–H and O–H groups in total. The molecule has 0 spiro atoms. The second-order valence-electron chi connectivity index (χ2n) is 10.2. The summed E-state index contributed by atoms with van der Waals surface area (Å²) in [4.78, 5) is 26.6. The molecule has 1 heterocycles. The minimum Gasteiger partial charge on any atom is -0.445 e. The molecule has 1 aliphatic heterocycles. The summed E-state index contributed by atoms with van der Waals surface area (Å²) in [5, 5.41) is 14.3. The van der Waals surface area contributed by atoms with Gasteiger partial charge in [0.05, 0.1) is 30.7 Å². The smallest absolute Gasteiger partial charge is 0.410 e. The van der Waals surface area contributed by atoms with E-state index < -0.39 is 11.7 Å². The fraction of sp³-hybridized carbons (Fsp3) is 0.586. The van der Waals surface area contributed by atoms with Gasteiger partial charge in [0.1, 0.15) is 12.3 Å². The van der Waals surface area contributed by atoms with Gasteiger partial charge in [0, 0.05) is 13.1 Å². The summed E-state index contributed by atoms with van der Waals surface area (Å²) in [6.45, 7) is 9.64. The van der Waals surface area contributed by atoms with Crippen LogP contribution in [0, 0.1) is 0 Å². The van der Waals surface area contributed by atoms with Crippen molar-refractivity contribution in [2.24, 2.45) is 15.9 Å². The highest BCUT2D eigenvalue weighted by Gasteiger charge is 2.29. The molecule has 2 atom stereocenters. The van der Waals surface area contributed by atoms with Crippen LogP contribution in [0.2, 0.25) is 0 Å². The summed E-state index contributed by atoms with van der Waals surface area (Å²) in [6, 6.07) is -0.495. The lowest BCUT2D eigenvalue weighted by atomic mass is 10.1. The molecule has 2 unspecified atom stereocenters. The van der Waals surface area contributed by atoms with Gasteiger partial charge < -0.3 is 25.4 Å². The van der Waals surface area contributed by atoms with Crippen molar-refractivity contribution in [2.75, 3.05) is 40.0 Å². The highest BCUT2D eigenvalue weighted by Crippen LogP contribution is 2.12. The average molecular weight is 543 g/mol. The second kappa shape index (κ2) is 16.8. The zero-order chi connectivity index (χ0) is 28.7. The number of carbonyl (C=O) groups excluding carboxylic acids is 2. The Morgan fingerprint density at radius 2 is 1.95 bits per heavy atom. The maximum atomic E-state index is 12.7. The van der Waals surface area contributed by atoms with E-state index in [0.29, 0.717) is 18.0 Å². The maximum Gasteiger partial charge on any atom is 0.410 e. The standard InChI is InChI=1S/C29H46N6O4/c1-22(19-39-28(37)35-17-10-7-11-18-35)13-12-14-23(2)33-34-24(3)26(32-27(36)29(4,30)31-5)21-38-20-25-15-8-6-9-16-25/h6,8,12-15,26,31H,7,9-11,16-21,30H2,1-5H3,(H,32,36)/b14-12-,22-13+,33-23+,34-24+. The Bertz CT molecular complexity index is 1000. The molecular formula is C29H46N6O4. The summed E-state index contributed by atoms with van der Waals surface area (Å²) in [5.41, 5.74) is 8.20. The first-order chi connectivity index (χ1) is 18.6. The van der Waals surface area contributed by atoms with Crippen LogP contribution in [0.3, 0.4) is 0 Å². The number of amides is 2. The first-order valence-corrected chi connectivity index (χ1v) is 13.7. The lowest BCUT2D eigenvalue weighted by molar-refractivity contribution is -0.127. The third-order valence-electron chi connectivity index (χ3n) is 6.59. The van der Waals surface area contributed by atoms with Crippen LogP contribution >= 0.6 is 0 Å². The van der Waals surface area contributed by atoms with E-state index in [-0.39, 0.29) is 25.2 Å². The Hall–Kier alpha value is -3.08. The molecule has 0 aromatic rings. The molecule has 1 saturated heterocycles. The molecule has 1 aliphatic carbocycles. The molecule has 1 fully saturated rings. The predicted octanol–water partition coefficient (Wildman–Crippen LogP) is 3.62.